The predicted molar refractivity (Wildman–Crippen MR) is 99.7 cm³/mol. The number of thioether (sulfide) groups is 1. The predicted octanol–water partition coefficient (Wildman–Crippen LogP) is 2.83. The maximum Gasteiger partial charge on any atom is 0.336 e. The first kappa shape index (κ1) is 18.8. The second kappa shape index (κ2) is 7.71. The number of methoxy groups -OCH3 is 2. The molecule has 0 saturated carbocycles. The van der Waals surface area contributed by atoms with Gasteiger partial charge in [-0.1, -0.05) is 12.1 Å². The average Bonchev–Trinajstić information content (AvgIpc) is 2.94. The number of ether oxygens (including phenoxy) is 2. The molecule has 1 N–H and O–H groups in total. The summed E-state index contributed by atoms with van der Waals surface area (Å²) in [7, 11) is 2.94. The van der Waals surface area contributed by atoms with Crippen molar-refractivity contribution in [3.63, 3.8) is 0 Å². The monoisotopic (exact) mass is 387 g/mol. The van der Waals surface area contributed by atoms with Crippen LogP contribution in [-0.4, -0.2) is 42.4 Å². The van der Waals surface area contributed by atoms with E-state index in [1.807, 2.05) is 0 Å². The SMILES string of the molecule is COc1ccc(OC)c(N2C(=O)CC(Sc3ccccc3C(=O)O)C2=O)c1. The number of nitrogens with zero attached hydrogens (tertiary/aromatic N) is 1. The van der Waals surface area contributed by atoms with Crippen LogP contribution in [0, 0.1) is 0 Å². The van der Waals surface area contributed by atoms with E-state index in [-0.39, 0.29) is 17.9 Å². The summed E-state index contributed by atoms with van der Waals surface area (Å²) in [5, 5.41) is 8.59. The van der Waals surface area contributed by atoms with Crippen molar-refractivity contribution in [1.82, 2.24) is 0 Å². The van der Waals surface area contributed by atoms with E-state index < -0.39 is 17.1 Å². The minimum atomic E-state index is -1.08. The zero-order valence-corrected chi connectivity index (χ0v) is 15.5. The molecule has 3 rings (SSSR count). The smallest absolute Gasteiger partial charge is 0.336 e. The number of rotatable bonds is 6. The summed E-state index contributed by atoms with van der Waals surface area (Å²) in [5.74, 6) is -1.03. The topological polar surface area (TPSA) is 93.1 Å². The van der Waals surface area contributed by atoms with E-state index in [2.05, 4.69) is 0 Å². The van der Waals surface area contributed by atoms with Crippen LogP contribution in [0.4, 0.5) is 5.69 Å². The fourth-order valence-electron chi connectivity index (χ4n) is 2.82. The van der Waals surface area contributed by atoms with Crippen LogP contribution in [0.2, 0.25) is 0 Å². The summed E-state index contributed by atoms with van der Waals surface area (Å²) in [5.41, 5.74) is 0.404. The Morgan fingerprint density at radius 1 is 1.15 bits per heavy atom. The van der Waals surface area contributed by atoms with Gasteiger partial charge < -0.3 is 14.6 Å². The van der Waals surface area contributed by atoms with E-state index >= 15 is 0 Å². The lowest BCUT2D eigenvalue weighted by Crippen LogP contribution is -2.31. The zero-order chi connectivity index (χ0) is 19.6. The highest BCUT2D eigenvalue weighted by atomic mass is 32.2. The van der Waals surface area contributed by atoms with E-state index in [9.17, 15) is 19.5 Å². The molecule has 0 bridgehead atoms. The molecule has 1 fully saturated rings. The van der Waals surface area contributed by atoms with E-state index in [0.29, 0.717) is 22.1 Å². The molecule has 0 aromatic heterocycles. The first-order valence-corrected chi connectivity index (χ1v) is 8.92. The van der Waals surface area contributed by atoms with Crippen molar-refractivity contribution in [2.45, 2.75) is 16.6 Å². The van der Waals surface area contributed by atoms with Gasteiger partial charge in [0.1, 0.15) is 11.5 Å². The van der Waals surface area contributed by atoms with Gasteiger partial charge in [0.15, 0.2) is 0 Å². The van der Waals surface area contributed by atoms with Crippen molar-refractivity contribution < 1.29 is 29.0 Å². The van der Waals surface area contributed by atoms with Crippen molar-refractivity contribution in [1.29, 1.82) is 0 Å². The number of hydrogen-bond acceptors (Lipinski definition) is 6. The van der Waals surface area contributed by atoms with Gasteiger partial charge in [0.2, 0.25) is 11.8 Å². The third kappa shape index (κ3) is 3.61. The van der Waals surface area contributed by atoms with Crippen molar-refractivity contribution in [2.24, 2.45) is 0 Å². The quantitative estimate of drug-likeness (QED) is 0.762. The fraction of sp³-hybridized carbons (Fsp3) is 0.211. The molecule has 140 valence electrons. The maximum atomic E-state index is 12.9. The number of benzene rings is 2. The molecule has 1 unspecified atom stereocenters. The van der Waals surface area contributed by atoms with E-state index in [4.69, 9.17) is 9.47 Å². The fourth-order valence-corrected chi connectivity index (χ4v) is 4.00. The molecule has 1 aliphatic heterocycles. The Morgan fingerprint density at radius 3 is 2.56 bits per heavy atom. The number of amides is 2. The molecule has 1 aliphatic rings. The zero-order valence-electron chi connectivity index (χ0n) is 14.7. The van der Waals surface area contributed by atoms with Crippen LogP contribution in [0.25, 0.3) is 0 Å². The Hall–Kier alpha value is -3.00. The molecule has 27 heavy (non-hydrogen) atoms. The summed E-state index contributed by atoms with van der Waals surface area (Å²) < 4.78 is 10.4. The highest BCUT2D eigenvalue weighted by Crippen LogP contribution is 2.39. The average molecular weight is 387 g/mol. The molecule has 8 heteroatoms. The summed E-state index contributed by atoms with van der Waals surface area (Å²) >= 11 is 1.07. The molecular formula is C19H17NO6S. The van der Waals surface area contributed by atoms with Crippen molar-refractivity contribution in [3.8, 4) is 11.5 Å². The standard InChI is InChI=1S/C19H17NO6S/c1-25-11-7-8-14(26-2)13(9-11)20-17(21)10-16(18(20)22)27-15-6-4-3-5-12(15)19(23)24/h3-9,16H,10H2,1-2H3,(H,23,24). The second-order valence-electron chi connectivity index (χ2n) is 5.72. The first-order chi connectivity index (χ1) is 13.0. The molecule has 0 spiro atoms. The Bertz CT molecular complexity index is 913. The number of anilines is 1. The third-order valence-electron chi connectivity index (χ3n) is 4.12. The van der Waals surface area contributed by atoms with Gasteiger partial charge in [0.25, 0.3) is 0 Å². The Balaban J connectivity index is 1.92. The van der Waals surface area contributed by atoms with Gasteiger partial charge in [-0.2, -0.15) is 0 Å². The first-order valence-electron chi connectivity index (χ1n) is 8.04. The molecule has 1 atom stereocenters. The van der Waals surface area contributed by atoms with Crippen LogP contribution >= 0.6 is 11.8 Å². The van der Waals surface area contributed by atoms with E-state index in [1.165, 1.54) is 20.3 Å². The number of carbonyl (C=O) groups excluding carboxylic acids is 2. The van der Waals surface area contributed by atoms with E-state index in [0.717, 1.165) is 16.7 Å². The minimum Gasteiger partial charge on any atom is -0.497 e. The van der Waals surface area contributed by atoms with Crippen molar-refractivity contribution >= 4 is 35.2 Å². The van der Waals surface area contributed by atoms with Crippen LogP contribution in [0.5, 0.6) is 11.5 Å². The highest BCUT2D eigenvalue weighted by molar-refractivity contribution is 8.00. The number of carboxylic acid groups (broad SMARTS) is 1. The number of carboxylic acids is 1. The van der Waals surface area contributed by atoms with Gasteiger partial charge in [-0.15, -0.1) is 11.8 Å². The van der Waals surface area contributed by atoms with Gasteiger partial charge in [-0.25, -0.2) is 9.69 Å². The molecular weight excluding hydrogens is 370 g/mol. The number of hydrogen-bond donors (Lipinski definition) is 1. The summed E-state index contributed by atoms with van der Waals surface area (Å²) in [6, 6.07) is 11.3. The summed E-state index contributed by atoms with van der Waals surface area (Å²) in [6.07, 6.45) is -0.0299. The lowest BCUT2D eigenvalue weighted by molar-refractivity contribution is -0.121. The molecule has 2 amide bonds. The molecule has 0 aliphatic carbocycles. The number of carbonyl (C=O) groups is 3. The van der Waals surface area contributed by atoms with Crippen LogP contribution in [0.3, 0.4) is 0 Å². The van der Waals surface area contributed by atoms with E-state index in [1.54, 1.807) is 36.4 Å². The molecule has 0 radical (unpaired) electrons. The van der Waals surface area contributed by atoms with Gasteiger partial charge in [0.05, 0.1) is 30.7 Å². The van der Waals surface area contributed by atoms with Gasteiger partial charge in [-0.3, -0.25) is 9.59 Å². The van der Waals surface area contributed by atoms with Crippen LogP contribution in [0.15, 0.2) is 47.4 Å². The Kier molecular flexibility index (Phi) is 5.36. The highest BCUT2D eigenvalue weighted by Gasteiger charge is 2.41. The lowest BCUT2D eigenvalue weighted by Gasteiger charge is -2.19. The molecule has 7 nitrogen and oxygen atoms in total. The Labute approximate surface area is 159 Å². The molecule has 2 aromatic carbocycles. The third-order valence-corrected chi connectivity index (χ3v) is 5.38. The minimum absolute atomic E-state index is 0.0299. The van der Waals surface area contributed by atoms with Crippen LogP contribution < -0.4 is 14.4 Å². The van der Waals surface area contributed by atoms with Crippen LogP contribution in [-0.2, 0) is 9.59 Å². The van der Waals surface area contributed by atoms with Gasteiger partial charge >= 0.3 is 5.97 Å². The second-order valence-corrected chi connectivity index (χ2v) is 6.96. The maximum absolute atomic E-state index is 12.9. The normalized spacial score (nSPS) is 16.5. The molecule has 1 saturated heterocycles. The largest absolute Gasteiger partial charge is 0.497 e. The van der Waals surface area contributed by atoms with Crippen molar-refractivity contribution in [3.05, 3.63) is 48.0 Å². The summed E-state index contributed by atoms with van der Waals surface area (Å²) in [4.78, 5) is 38.3. The van der Waals surface area contributed by atoms with Crippen molar-refractivity contribution in [2.75, 3.05) is 19.1 Å². The molecule has 2 aromatic rings. The summed E-state index contributed by atoms with van der Waals surface area (Å²) in [6.45, 7) is 0. The van der Waals surface area contributed by atoms with Gasteiger partial charge in [0, 0.05) is 17.4 Å². The number of imide groups is 1. The number of aromatic carboxylic acids is 1. The lowest BCUT2D eigenvalue weighted by atomic mass is 10.2. The van der Waals surface area contributed by atoms with Crippen LogP contribution in [0.1, 0.15) is 16.8 Å². The molecule has 1 heterocycles. The Morgan fingerprint density at radius 2 is 1.89 bits per heavy atom. The van der Waals surface area contributed by atoms with Gasteiger partial charge in [-0.05, 0) is 24.3 Å².